The van der Waals surface area contributed by atoms with Gasteiger partial charge in [0.1, 0.15) is 10.6 Å². The summed E-state index contributed by atoms with van der Waals surface area (Å²) in [5.74, 6) is -0.753. The Kier molecular flexibility index (Phi) is 6.60. The molecule has 1 heterocycles. The largest absolute Gasteiger partial charge is 0.336 e. The van der Waals surface area contributed by atoms with Crippen molar-refractivity contribution in [2.24, 2.45) is 0 Å². The number of imide groups is 1. The average molecular weight is 483 g/mol. The van der Waals surface area contributed by atoms with E-state index in [1.54, 1.807) is 30.3 Å². The van der Waals surface area contributed by atoms with Crippen molar-refractivity contribution in [1.82, 2.24) is 0 Å². The molecule has 0 fully saturated rings. The van der Waals surface area contributed by atoms with E-state index in [0.717, 1.165) is 16.1 Å². The summed E-state index contributed by atoms with van der Waals surface area (Å²) in [6.07, 6.45) is 0. The van der Waals surface area contributed by atoms with E-state index in [1.165, 1.54) is 16.7 Å². The summed E-state index contributed by atoms with van der Waals surface area (Å²) in [7, 11) is 0. The number of hydrogen-bond acceptors (Lipinski definition) is 4. The molecule has 7 heteroatoms. The molecule has 0 spiro atoms. The number of carbonyl (C=O) groups is 2. The summed E-state index contributed by atoms with van der Waals surface area (Å²) in [6, 6.07) is 22.0. The lowest BCUT2D eigenvalue weighted by molar-refractivity contribution is -0.120. The fourth-order valence-electron chi connectivity index (χ4n) is 3.48. The predicted octanol–water partition coefficient (Wildman–Crippen LogP) is 6.71. The predicted molar refractivity (Wildman–Crippen MR) is 132 cm³/mol. The molecule has 0 bridgehead atoms. The number of thioether (sulfide) groups is 1. The highest BCUT2D eigenvalue weighted by atomic mass is 35.5. The normalized spacial score (nSPS) is 13.8. The molecule has 0 aliphatic carbocycles. The smallest absolute Gasteiger partial charge is 0.283 e. The van der Waals surface area contributed by atoms with Crippen LogP contribution in [-0.4, -0.2) is 18.4 Å². The van der Waals surface area contributed by atoms with Crippen LogP contribution in [0.15, 0.2) is 88.3 Å². The van der Waals surface area contributed by atoms with Gasteiger partial charge >= 0.3 is 0 Å². The topological polar surface area (TPSA) is 40.6 Å². The summed E-state index contributed by atoms with van der Waals surface area (Å²) in [5, 5.41) is 1.10. The van der Waals surface area contributed by atoms with Crippen molar-refractivity contribution in [2.75, 3.05) is 16.3 Å². The second kappa shape index (κ2) is 9.41. The number of carbonyl (C=O) groups excluding carboxylic acids is 2. The third kappa shape index (κ3) is 4.29. The second-order valence-corrected chi connectivity index (χ2v) is 9.12. The van der Waals surface area contributed by atoms with Crippen LogP contribution in [0.1, 0.15) is 12.5 Å². The first-order chi connectivity index (χ1) is 15.4. The zero-order valence-corrected chi connectivity index (χ0v) is 19.8. The molecular formula is C25H20Cl2N2O2S. The van der Waals surface area contributed by atoms with Crippen LogP contribution in [0.2, 0.25) is 10.0 Å². The Hall–Kier alpha value is -2.73. The summed E-state index contributed by atoms with van der Waals surface area (Å²) in [5.41, 5.74) is 2.51. The minimum atomic E-state index is -0.378. The van der Waals surface area contributed by atoms with Gasteiger partial charge in [-0.2, -0.15) is 0 Å². The van der Waals surface area contributed by atoms with Crippen molar-refractivity contribution in [3.05, 3.63) is 99.0 Å². The van der Waals surface area contributed by atoms with Crippen LogP contribution in [0, 0.1) is 6.92 Å². The zero-order valence-electron chi connectivity index (χ0n) is 17.5. The number of benzene rings is 3. The Bertz CT molecular complexity index is 1210. The summed E-state index contributed by atoms with van der Waals surface area (Å²) in [6.45, 7) is 4.35. The minimum absolute atomic E-state index is 0.348. The standard InChI is InChI=1S/C25H20Cl2N2O2S/c1-3-28(18-7-5-4-6-8-18)22-23(32-20-13-10-17(26)11-14-20)25(31)29(24(22)30)19-12-9-16(2)21(27)15-19/h4-15H,3H2,1-2H3. The number of nitrogens with zero attached hydrogens (tertiary/aromatic N) is 2. The molecule has 3 aromatic rings. The zero-order chi connectivity index (χ0) is 22.8. The van der Waals surface area contributed by atoms with Gasteiger partial charge < -0.3 is 4.90 Å². The van der Waals surface area contributed by atoms with Gasteiger partial charge in [0.2, 0.25) is 0 Å². The van der Waals surface area contributed by atoms with Crippen molar-refractivity contribution in [3.63, 3.8) is 0 Å². The van der Waals surface area contributed by atoms with Crippen LogP contribution < -0.4 is 9.80 Å². The quantitative estimate of drug-likeness (QED) is 0.366. The third-order valence-corrected chi connectivity index (χ3v) is 6.86. The highest BCUT2D eigenvalue weighted by Gasteiger charge is 2.42. The van der Waals surface area contributed by atoms with E-state index in [1.807, 2.05) is 61.2 Å². The maximum atomic E-state index is 13.7. The highest BCUT2D eigenvalue weighted by molar-refractivity contribution is 8.04. The molecule has 3 aromatic carbocycles. The number of aryl methyl sites for hydroxylation is 1. The van der Waals surface area contributed by atoms with Gasteiger partial charge in [0.25, 0.3) is 11.8 Å². The van der Waals surface area contributed by atoms with Crippen molar-refractivity contribution < 1.29 is 9.59 Å². The van der Waals surface area contributed by atoms with Crippen LogP contribution in [0.4, 0.5) is 11.4 Å². The summed E-state index contributed by atoms with van der Waals surface area (Å²) in [4.78, 5) is 31.5. The number of likely N-dealkylation sites (N-methyl/N-ethyl adjacent to an activating group) is 1. The first kappa shape index (κ1) is 22.5. The van der Waals surface area contributed by atoms with Crippen LogP contribution in [0.25, 0.3) is 0 Å². The molecule has 0 N–H and O–H groups in total. The highest BCUT2D eigenvalue weighted by Crippen LogP contribution is 2.40. The first-order valence-corrected chi connectivity index (χ1v) is 11.6. The van der Waals surface area contributed by atoms with Gasteiger partial charge in [0, 0.05) is 27.2 Å². The number of para-hydroxylation sites is 1. The van der Waals surface area contributed by atoms with E-state index in [4.69, 9.17) is 23.2 Å². The summed E-state index contributed by atoms with van der Waals surface area (Å²) >= 11 is 13.6. The number of amides is 2. The third-order valence-electron chi connectivity index (χ3n) is 5.12. The second-order valence-electron chi connectivity index (χ2n) is 7.19. The molecule has 0 unspecified atom stereocenters. The molecule has 1 aliphatic rings. The molecule has 0 aromatic heterocycles. The van der Waals surface area contributed by atoms with E-state index in [0.29, 0.717) is 32.9 Å². The Morgan fingerprint density at radius 3 is 2.22 bits per heavy atom. The molecule has 162 valence electrons. The number of halogens is 2. The lowest BCUT2D eigenvalue weighted by atomic mass is 10.2. The molecule has 2 amide bonds. The maximum absolute atomic E-state index is 13.7. The average Bonchev–Trinajstić information content (AvgIpc) is 3.03. The first-order valence-electron chi connectivity index (χ1n) is 10.1. The molecule has 0 saturated carbocycles. The number of rotatable bonds is 6. The van der Waals surface area contributed by atoms with E-state index >= 15 is 0 Å². The monoisotopic (exact) mass is 482 g/mol. The van der Waals surface area contributed by atoms with Crippen molar-refractivity contribution in [2.45, 2.75) is 18.7 Å². The SMILES string of the molecule is CCN(C1=C(Sc2ccc(Cl)cc2)C(=O)N(c2ccc(C)c(Cl)c2)C1=O)c1ccccc1. The fraction of sp³-hybridized carbons (Fsp3) is 0.120. The van der Waals surface area contributed by atoms with Gasteiger partial charge in [-0.1, -0.05) is 59.2 Å². The van der Waals surface area contributed by atoms with Gasteiger partial charge in [-0.15, -0.1) is 0 Å². The van der Waals surface area contributed by atoms with Crippen molar-refractivity contribution in [3.8, 4) is 0 Å². The van der Waals surface area contributed by atoms with Gasteiger partial charge in [0.05, 0.1) is 5.69 Å². The number of hydrogen-bond donors (Lipinski definition) is 0. The van der Waals surface area contributed by atoms with E-state index in [9.17, 15) is 9.59 Å². The van der Waals surface area contributed by atoms with Gasteiger partial charge in [0.15, 0.2) is 0 Å². The van der Waals surface area contributed by atoms with Crippen molar-refractivity contribution >= 4 is 58.2 Å². The van der Waals surface area contributed by atoms with Crippen LogP contribution in [0.5, 0.6) is 0 Å². The lowest BCUT2D eigenvalue weighted by Crippen LogP contribution is -2.35. The maximum Gasteiger partial charge on any atom is 0.283 e. The molecular weight excluding hydrogens is 463 g/mol. The van der Waals surface area contributed by atoms with Gasteiger partial charge in [-0.25, -0.2) is 4.90 Å². The fourth-order valence-corrected chi connectivity index (χ4v) is 4.76. The van der Waals surface area contributed by atoms with Crippen LogP contribution >= 0.6 is 35.0 Å². The molecule has 4 rings (SSSR count). The molecule has 1 aliphatic heterocycles. The molecule has 0 radical (unpaired) electrons. The minimum Gasteiger partial charge on any atom is -0.336 e. The van der Waals surface area contributed by atoms with E-state index < -0.39 is 0 Å². The number of anilines is 2. The molecule has 0 saturated heterocycles. The Morgan fingerprint density at radius 2 is 1.59 bits per heavy atom. The van der Waals surface area contributed by atoms with E-state index in [-0.39, 0.29) is 11.8 Å². The molecule has 4 nitrogen and oxygen atoms in total. The van der Waals surface area contributed by atoms with Crippen LogP contribution in [-0.2, 0) is 9.59 Å². The van der Waals surface area contributed by atoms with Crippen molar-refractivity contribution in [1.29, 1.82) is 0 Å². The summed E-state index contributed by atoms with van der Waals surface area (Å²) < 4.78 is 0. The van der Waals surface area contributed by atoms with Crippen LogP contribution in [0.3, 0.4) is 0 Å². The molecule has 32 heavy (non-hydrogen) atoms. The van der Waals surface area contributed by atoms with E-state index in [2.05, 4.69) is 0 Å². The van der Waals surface area contributed by atoms with Gasteiger partial charge in [-0.3, -0.25) is 9.59 Å². The Morgan fingerprint density at radius 1 is 0.906 bits per heavy atom. The van der Waals surface area contributed by atoms with Gasteiger partial charge in [-0.05, 0) is 67.9 Å². The Labute approximate surface area is 201 Å². The lowest BCUT2D eigenvalue weighted by Gasteiger charge is -2.24. The molecule has 0 atom stereocenters. The Balaban J connectivity index is 1.83.